The van der Waals surface area contributed by atoms with Crippen LogP contribution in [-0.2, 0) is 0 Å². The molecule has 134 valence electrons. The second kappa shape index (κ2) is 5.14. The largest absolute Gasteiger partial charge is 0.0810 e. The molecule has 6 aliphatic rings. The molecule has 0 aromatic heterocycles. The predicted octanol–water partition coefficient (Wildman–Crippen LogP) is 6.84. The number of hydrogen-bond acceptors (Lipinski definition) is 0. The van der Waals surface area contributed by atoms with E-state index in [1.807, 2.05) is 22.3 Å². The van der Waals surface area contributed by atoms with E-state index in [0.29, 0.717) is 5.41 Å². The molecule has 4 saturated carbocycles. The van der Waals surface area contributed by atoms with Crippen LogP contribution in [0, 0.1) is 40.9 Å². The zero-order chi connectivity index (χ0) is 16.8. The van der Waals surface area contributed by atoms with Gasteiger partial charge in [-0.2, -0.15) is 0 Å². The summed E-state index contributed by atoms with van der Waals surface area (Å²) in [6.07, 6.45) is 20.3. The lowest BCUT2D eigenvalue weighted by Crippen LogP contribution is -2.27. The lowest BCUT2D eigenvalue weighted by atomic mass is 9.65. The van der Waals surface area contributed by atoms with Crippen molar-refractivity contribution in [1.82, 2.24) is 0 Å². The van der Waals surface area contributed by atoms with E-state index in [-0.39, 0.29) is 0 Å². The molecular weight excluding hydrogens is 300 g/mol. The van der Waals surface area contributed by atoms with E-state index in [2.05, 4.69) is 26.0 Å². The Morgan fingerprint density at radius 2 is 1.52 bits per heavy atom. The molecule has 0 aromatic rings. The molecule has 0 aromatic carbocycles. The van der Waals surface area contributed by atoms with Crippen LogP contribution in [0.1, 0.15) is 78.1 Å². The van der Waals surface area contributed by atoms with Crippen LogP contribution >= 0.6 is 0 Å². The molecule has 6 aliphatic carbocycles. The second-order valence-corrected chi connectivity index (χ2v) is 10.9. The summed E-state index contributed by atoms with van der Waals surface area (Å²) in [5.41, 5.74) is 7.80. The van der Waals surface area contributed by atoms with Crippen LogP contribution in [-0.4, -0.2) is 0 Å². The fourth-order valence-electron chi connectivity index (χ4n) is 8.14. The molecule has 0 radical (unpaired) electrons. The molecule has 0 heterocycles. The monoisotopic (exact) mass is 334 g/mol. The average molecular weight is 335 g/mol. The van der Waals surface area contributed by atoms with Crippen LogP contribution in [0.4, 0.5) is 0 Å². The van der Waals surface area contributed by atoms with E-state index in [1.54, 1.807) is 0 Å². The maximum atomic E-state index is 2.75. The van der Waals surface area contributed by atoms with Gasteiger partial charge in [0.1, 0.15) is 0 Å². The van der Waals surface area contributed by atoms with Crippen molar-refractivity contribution in [2.75, 3.05) is 0 Å². The van der Waals surface area contributed by atoms with E-state index < -0.39 is 0 Å². The van der Waals surface area contributed by atoms with Gasteiger partial charge in [-0.1, -0.05) is 37.1 Å². The summed E-state index contributed by atoms with van der Waals surface area (Å²) in [7, 11) is 0. The van der Waals surface area contributed by atoms with Crippen molar-refractivity contribution >= 4 is 0 Å². The van der Waals surface area contributed by atoms with Crippen molar-refractivity contribution in [2.24, 2.45) is 40.9 Å². The van der Waals surface area contributed by atoms with Crippen LogP contribution in [0.15, 0.2) is 34.4 Å². The Morgan fingerprint density at radius 1 is 0.800 bits per heavy atom. The van der Waals surface area contributed by atoms with E-state index >= 15 is 0 Å². The first-order valence-corrected chi connectivity index (χ1v) is 11.3. The van der Waals surface area contributed by atoms with E-state index in [4.69, 9.17) is 0 Å². The molecule has 0 N–H and O–H groups in total. The molecule has 6 unspecified atom stereocenters. The SMILES string of the molecule is CC(C)(C1=CC2CCC1C2)/C(C1=CC2CCC1C2)=C1/CC2CCC1C2. The molecule has 25 heavy (non-hydrogen) atoms. The second-order valence-electron chi connectivity index (χ2n) is 10.9. The molecule has 0 aliphatic heterocycles. The summed E-state index contributed by atoms with van der Waals surface area (Å²) >= 11 is 0. The van der Waals surface area contributed by atoms with Gasteiger partial charge >= 0.3 is 0 Å². The number of allylic oxidation sites excluding steroid dienone is 6. The normalized spacial score (nSPS) is 46.2. The maximum absolute atomic E-state index is 2.75. The highest BCUT2D eigenvalue weighted by molar-refractivity contribution is 5.52. The minimum Gasteiger partial charge on any atom is -0.0810 e. The highest BCUT2D eigenvalue weighted by atomic mass is 14.5. The van der Waals surface area contributed by atoms with Gasteiger partial charge in [-0.05, 0) is 111 Å². The zero-order valence-electron chi connectivity index (χ0n) is 16.2. The van der Waals surface area contributed by atoms with E-state index in [0.717, 1.165) is 35.5 Å². The third kappa shape index (κ3) is 2.12. The standard InChI is InChI=1S/C25H34/c1-25(2,23-14-17-5-8-20(23)11-17)24(21-12-15-3-6-18(21)9-15)22-13-16-4-7-19(22)10-16/h12,14-20H,3-11,13H2,1-2H3/b24-22-. The third-order valence-corrected chi connectivity index (χ3v) is 9.16. The summed E-state index contributed by atoms with van der Waals surface area (Å²) < 4.78 is 0. The minimum absolute atomic E-state index is 0.302. The molecule has 6 bridgehead atoms. The van der Waals surface area contributed by atoms with Crippen LogP contribution in [0.5, 0.6) is 0 Å². The summed E-state index contributed by atoms with van der Waals surface area (Å²) in [6.45, 7) is 5.22. The van der Waals surface area contributed by atoms with Gasteiger partial charge in [0.05, 0.1) is 0 Å². The van der Waals surface area contributed by atoms with Crippen LogP contribution in [0.25, 0.3) is 0 Å². The van der Waals surface area contributed by atoms with Gasteiger partial charge < -0.3 is 0 Å². The van der Waals surface area contributed by atoms with E-state index in [1.165, 1.54) is 64.2 Å². The van der Waals surface area contributed by atoms with Gasteiger partial charge in [-0.25, -0.2) is 0 Å². The minimum atomic E-state index is 0.302. The van der Waals surface area contributed by atoms with Gasteiger partial charge in [-0.3, -0.25) is 0 Å². The Hall–Kier alpha value is -0.780. The first-order chi connectivity index (χ1) is 12.1. The predicted molar refractivity (Wildman–Crippen MR) is 104 cm³/mol. The van der Waals surface area contributed by atoms with Crippen molar-refractivity contribution in [2.45, 2.75) is 78.1 Å². The number of hydrogen-bond donors (Lipinski definition) is 0. The molecule has 4 fully saturated rings. The Bertz CT molecular complexity index is 700. The third-order valence-electron chi connectivity index (χ3n) is 9.16. The Kier molecular flexibility index (Phi) is 3.15. The van der Waals surface area contributed by atoms with Crippen LogP contribution in [0.3, 0.4) is 0 Å². The first-order valence-electron chi connectivity index (χ1n) is 11.3. The number of fused-ring (bicyclic) bond motifs is 6. The number of rotatable bonds is 3. The lowest BCUT2D eigenvalue weighted by Gasteiger charge is -2.39. The smallest absolute Gasteiger partial charge is 0.0110 e. The molecule has 6 rings (SSSR count). The summed E-state index contributed by atoms with van der Waals surface area (Å²) in [5, 5.41) is 0. The maximum Gasteiger partial charge on any atom is 0.0110 e. The highest BCUT2D eigenvalue weighted by Crippen LogP contribution is 2.61. The van der Waals surface area contributed by atoms with Gasteiger partial charge in [0.25, 0.3) is 0 Å². The topological polar surface area (TPSA) is 0 Å². The Balaban J connectivity index is 1.48. The van der Waals surface area contributed by atoms with Crippen LogP contribution < -0.4 is 0 Å². The van der Waals surface area contributed by atoms with E-state index in [9.17, 15) is 0 Å². The average Bonchev–Trinajstić information content (AvgIpc) is 3.41. The Morgan fingerprint density at radius 3 is 2.04 bits per heavy atom. The van der Waals surface area contributed by atoms with Crippen molar-refractivity contribution in [1.29, 1.82) is 0 Å². The zero-order valence-corrected chi connectivity index (χ0v) is 16.2. The van der Waals surface area contributed by atoms with Crippen molar-refractivity contribution in [3.05, 3.63) is 34.4 Å². The first kappa shape index (κ1) is 15.3. The molecule has 0 amide bonds. The van der Waals surface area contributed by atoms with Crippen molar-refractivity contribution in [3.63, 3.8) is 0 Å². The quantitative estimate of drug-likeness (QED) is 0.495. The summed E-state index contributed by atoms with van der Waals surface area (Å²) in [6, 6.07) is 0. The van der Waals surface area contributed by atoms with Gasteiger partial charge in [0.2, 0.25) is 0 Å². The highest BCUT2D eigenvalue weighted by Gasteiger charge is 2.48. The fourth-order valence-corrected chi connectivity index (χ4v) is 8.14. The molecule has 0 saturated heterocycles. The molecular formula is C25H34. The fraction of sp³-hybridized carbons (Fsp3) is 0.760. The lowest BCUT2D eigenvalue weighted by molar-refractivity contribution is 0.435. The van der Waals surface area contributed by atoms with Gasteiger partial charge in [0.15, 0.2) is 0 Å². The van der Waals surface area contributed by atoms with Gasteiger partial charge in [-0.15, -0.1) is 0 Å². The summed E-state index contributed by atoms with van der Waals surface area (Å²) in [4.78, 5) is 0. The molecule has 6 atom stereocenters. The Labute approximate surface area is 153 Å². The van der Waals surface area contributed by atoms with Crippen LogP contribution in [0.2, 0.25) is 0 Å². The van der Waals surface area contributed by atoms with Gasteiger partial charge in [0, 0.05) is 5.41 Å². The van der Waals surface area contributed by atoms with Crippen molar-refractivity contribution < 1.29 is 0 Å². The van der Waals surface area contributed by atoms with Crippen molar-refractivity contribution in [3.8, 4) is 0 Å². The molecule has 0 spiro atoms. The molecule has 0 heteroatoms. The summed E-state index contributed by atoms with van der Waals surface area (Å²) in [5.74, 6) is 5.62. The molecule has 0 nitrogen and oxygen atoms in total.